The van der Waals surface area contributed by atoms with Crippen LogP contribution in [-0.2, 0) is 4.74 Å². The number of aliphatic hydroxyl groups excluding tert-OH is 1. The summed E-state index contributed by atoms with van der Waals surface area (Å²) in [5, 5.41) is 10.7. The highest BCUT2D eigenvalue weighted by Gasteiger charge is 2.41. The van der Waals surface area contributed by atoms with Gasteiger partial charge in [0.25, 0.3) is 0 Å². The van der Waals surface area contributed by atoms with Crippen LogP contribution >= 0.6 is 0 Å². The van der Waals surface area contributed by atoms with Crippen molar-refractivity contribution in [3.63, 3.8) is 0 Å². The smallest absolute Gasteiger partial charge is 0.109 e. The minimum atomic E-state index is -0.377. The Morgan fingerprint density at radius 2 is 2.00 bits per heavy atom. The van der Waals surface area contributed by atoms with Crippen LogP contribution < -0.4 is 0 Å². The van der Waals surface area contributed by atoms with Crippen molar-refractivity contribution >= 4 is 0 Å². The molecular formula is C19H25NO2. The molecule has 3 atom stereocenters. The summed E-state index contributed by atoms with van der Waals surface area (Å²) in [7, 11) is 0. The van der Waals surface area contributed by atoms with Crippen LogP contribution in [0.4, 0.5) is 0 Å². The molecular weight excluding hydrogens is 274 g/mol. The topological polar surface area (TPSA) is 32.7 Å². The van der Waals surface area contributed by atoms with Crippen LogP contribution in [0.15, 0.2) is 41.7 Å². The van der Waals surface area contributed by atoms with Crippen molar-refractivity contribution in [1.82, 2.24) is 4.90 Å². The van der Waals surface area contributed by atoms with E-state index in [1.807, 2.05) is 24.3 Å². The molecule has 0 aromatic rings. The number of aliphatic hydroxyl groups is 1. The first-order valence-electron chi connectivity index (χ1n) is 8.66. The van der Waals surface area contributed by atoms with Crippen molar-refractivity contribution in [1.29, 1.82) is 0 Å². The molecule has 3 unspecified atom stereocenters. The number of hydrogen-bond acceptors (Lipinski definition) is 3. The average molecular weight is 299 g/mol. The van der Waals surface area contributed by atoms with Crippen LogP contribution in [0.25, 0.3) is 0 Å². The molecule has 3 heterocycles. The second kappa shape index (κ2) is 6.17. The van der Waals surface area contributed by atoms with Crippen LogP contribution in [0.2, 0.25) is 0 Å². The van der Waals surface area contributed by atoms with E-state index < -0.39 is 0 Å². The maximum absolute atomic E-state index is 10.7. The van der Waals surface area contributed by atoms with Crippen LogP contribution in [0.5, 0.6) is 0 Å². The lowest BCUT2D eigenvalue weighted by atomic mass is 9.85. The largest absolute Gasteiger partial charge is 0.390 e. The van der Waals surface area contributed by atoms with E-state index in [1.54, 1.807) is 0 Å². The van der Waals surface area contributed by atoms with Gasteiger partial charge in [-0.3, -0.25) is 0 Å². The van der Waals surface area contributed by atoms with Crippen LogP contribution in [-0.4, -0.2) is 48.0 Å². The third-order valence-electron chi connectivity index (χ3n) is 5.51. The lowest BCUT2D eigenvalue weighted by molar-refractivity contribution is -0.124. The fraction of sp³-hybridized carbons (Fsp3) is 0.632. The Hall–Kier alpha value is -1.12. The minimum Gasteiger partial charge on any atom is -0.390 e. The first kappa shape index (κ1) is 14.5. The van der Waals surface area contributed by atoms with Gasteiger partial charge in [-0.2, -0.15) is 0 Å². The number of ether oxygens (including phenoxy) is 1. The Labute approximate surface area is 132 Å². The molecule has 2 aliphatic carbocycles. The molecule has 0 spiro atoms. The third-order valence-corrected chi connectivity index (χ3v) is 5.51. The highest BCUT2D eigenvalue weighted by Crippen LogP contribution is 2.38. The van der Waals surface area contributed by atoms with Gasteiger partial charge in [-0.1, -0.05) is 12.2 Å². The number of piperidine rings is 3. The van der Waals surface area contributed by atoms with Crippen molar-refractivity contribution in [3.8, 4) is 0 Å². The second-order valence-corrected chi connectivity index (χ2v) is 7.09. The number of nitrogens with zero attached hydrogens (tertiary/aromatic N) is 1. The van der Waals surface area contributed by atoms with Gasteiger partial charge >= 0.3 is 0 Å². The van der Waals surface area contributed by atoms with Gasteiger partial charge in [0.05, 0.1) is 12.2 Å². The van der Waals surface area contributed by atoms with Crippen molar-refractivity contribution in [2.75, 3.05) is 19.6 Å². The van der Waals surface area contributed by atoms with E-state index in [-0.39, 0.29) is 18.3 Å². The molecule has 5 rings (SSSR count). The van der Waals surface area contributed by atoms with Crippen LogP contribution in [0, 0.1) is 11.8 Å². The van der Waals surface area contributed by atoms with Gasteiger partial charge < -0.3 is 14.7 Å². The lowest BCUT2D eigenvalue weighted by Crippen LogP contribution is -2.53. The maximum Gasteiger partial charge on any atom is 0.109 e. The SMILES string of the molecule is OC(C1CC1)C(OC1CN2CCC1CC2)C1=CC=C=CC=C1. The monoisotopic (exact) mass is 299 g/mol. The van der Waals surface area contributed by atoms with Crippen molar-refractivity contribution in [2.45, 2.75) is 44.0 Å². The summed E-state index contributed by atoms with van der Waals surface area (Å²) < 4.78 is 6.51. The molecule has 3 heteroatoms. The Morgan fingerprint density at radius 3 is 2.68 bits per heavy atom. The average Bonchev–Trinajstić information content (AvgIpc) is 3.40. The molecule has 1 saturated carbocycles. The predicted molar refractivity (Wildman–Crippen MR) is 86.4 cm³/mol. The summed E-state index contributed by atoms with van der Waals surface area (Å²) in [5.41, 5.74) is 4.17. The number of rotatable bonds is 5. The zero-order valence-corrected chi connectivity index (χ0v) is 13.0. The van der Waals surface area contributed by atoms with E-state index in [0.29, 0.717) is 11.8 Å². The van der Waals surface area contributed by atoms with Gasteiger partial charge in [0.1, 0.15) is 6.10 Å². The molecule has 5 aliphatic rings. The van der Waals surface area contributed by atoms with Gasteiger partial charge in [0.2, 0.25) is 0 Å². The van der Waals surface area contributed by atoms with Gasteiger partial charge in [-0.05, 0) is 74.4 Å². The molecule has 22 heavy (non-hydrogen) atoms. The normalized spacial score (nSPS) is 36.0. The fourth-order valence-electron chi connectivity index (χ4n) is 3.95. The summed E-state index contributed by atoms with van der Waals surface area (Å²) in [6, 6.07) is 0. The van der Waals surface area contributed by atoms with Crippen LogP contribution in [0.1, 0.15) is 25.7 Å². The van der Waals surface area contributed by atoms with E-state index in [1.165, 1.54) is 25.9 Å². The molecule has 0 amide bonds. The van der Waals surface area contributed by atoms with Crippen molar-refractivity contribution in [3.05, 3.63) is 41.7 Å². The first-order chi connectivity index (χ1) is 10.8. The molecule has 3 aliphatic heterocycles. The second-order valence-electron chi connectivity index (χ2n) is 7.09. The van der Waals surface area contributed by atoms with Gasteiger partial charge in [0.15, 0.2) is 0 Å². The van der Waals surface area contributed by atoms with E-state index >= 15 is 0 Å². The van der Waals surface area contributed by atoms with Crippen molar-refractivity contribution in [2.24, 2.45) is 11.8 Å². The molecule has 0 aromatic carbocycles. The lowest BCUT2D eigenvalue weighted by Gasteiger charge is -2.46. The Bertz CT molecular complexity index is 532. The molecule has 2 bridgehead atoms. The number of allylic oxidation sites excluding steroid dienone is 3. The summed E-state index contributed by atoms with van der Waals surface area (Å²) in [6.45, 7) is 3.47. The highest BCUT2D eigenvalue weighted by atomic mass is 16.5. The third kappa shape index (κ3) is 3.00. The quantitative estimate of drug-likeness (QED) is 0.792. The van der Waals surface area contributed by atoms with Crippen LogP contribution in [0.3, 0.4) is 0 Å². The molecule has 118 valence electrons. The highest BCUT2D eigenvalue weighted by molar-refractivity contribution is 5.33. The van der Waals surface area contributed by atoms with E-state index in [4.69, 9.17) is 4.74 Å². The summed E-state index contributed by atoms with van der Waals surface area (Å²) in [5.74, 6) is 1.09. The molecule has 0 aromatic heterocycles. The first-order valence-corrected chi connectivity index (χ1v) is 8.66. The van der Waals surface area contributed by atoms with E-state index in [9.17, 15) is 5.11 Å². The zero-order valence-electron chi connectivity index (χ0n) is 13.0. The molecule has 3 saturated heterocycles. The minimum absolute atomic E-state index is 0.196. The number of fused-ring (bicyclic) bond motifs is 3. The van der Waals surface area contributed by atoms with E-state index in [2.05, 4.69) is 16.7 Å². The molecule has 3 nitrogen and oxygen atoms in total. The zero-order chi connectivity index (χ0) is 14.9. The molecule has 4 fully saturated rings. The van der Waals surface area contributed by atoms with Crippen molar-refractivity contribution < 1.29 is 9.84 Å². The van der Waals surface area contributed by atoms with Gasteiger partial charge in [-0.25, -0.2) is 0 Å². The maximum atomic E-state index is 10.7. The summed E-state index contributed by atoms with van der Waals surface area (Å²) in [4.78, 5) is 2.50. The van der Waals surface area contributed by atoms with E-state index in [0.717, 1.165) is 25.0 Å². The summed E-state index contributed by atoms with van der Waals surface area (Å²) in [6.07, 6.45) is 14.4. The number of hydrogen-bond donors (Lipinski definition) is 1. The Morgan fingerprint density at radius 1 is 1.18 bits per heavy atom. The van der Waals surface area contributed by atoms with Gasteiger partial charge in [-0.15, -0.1) is 5.73 Å². The molecule has 0 radical (unpaired) electrons. The van der Waals surface area contributed by atoms with Gasteiger partial charge in [0, 0.05) is 6.54 Å². The Balaban J connectivity index is 1.52. The summed E-state index contributed by atoms with van der Waals surface area (Å²) >= 11 is 0. The Kier molecular flexibility index (Phi) is 4.06. The fourth-order valence-corrected chi connectivity index (χ4v) is 3.95. The standard InChI is InChI=1S/C19H25NO2/c21-18(15-7-8-15)19(16-5-3-1-2-4-6-16)22-17-13-20-11-9-14(17)10-12-20/h1,3-6,14-15,17-19,21H,7-13H2. The predicted octanol–water partition coefficient (Wildman–Crippen LogP) is 2.44. The molecule has 1 N–H and O–H groups in total.